The summed E-state index contributed by atoms with van der Waals surface area (Å²) in [7, 11) is -3.49. The van der Waals surface area contributed by atoms with Crippen LogP contribution in [-0.4, -0.2) is 45.0 Å². The van der Waals surface area contributed by atoms with Gasteiger partial charge in [-0.05, 0) is 18.6 Å². The highest BCUT2D eigenvalue weighted by Gasteiger charge is 2.25. The van der Waals surface area contributed by atoms with E-state index in [1.807, 2.05) is 12.1 Å². The van der Waals surface area contributed by atoms with Crippen molar-refractivity contribution >= 4 is 27.5 Å². The smallest absolute Gasteiger partial charge is 0.319 e. The largest absolute Gasteiger partial charge is 0.353 e. The molecule has 8 nitrogen and oxygen atoms in total. The van der Waals surface area contributed by atoms with Crippen molar-refractivity contribution < 1.29 is 18.0 Å². The van der Waals surface area contributed by atoms with Crippen LogP contribution in [0.5, 0.6) is 0 Å². The second-order valence-corrected chi connectivity index (χ2v) is 7.44. The lowest BCUT2D eigenvalue weighted by Gasteiger charge is -2.18. The third kappa shape index (κ3) is 7.11. The first-order valence-corrected chi connectivity index (χ1v) is 9.24. The van der Waals surface area contributed by atoms with E-state index in [1.165, 1.54) is 0 Å². The van der Waals surface area contributed by atoms with Gasteiger partial charge in [-0.25, -0.2) is 13.2 Å². The first kappa shape index (κ1) is 19.4. The van der Waals surface area contributed by atoms with Gasteiger partial charge in [0.25, 0.3) is 0 Å². The molecule has 24 heavy (non-hydrogen) atoms. The molecule has 130 valence electrons. The van der Waals surface area contributed by atoms with Crippen LogP contribution in [-0.2, 0) is 14.6 Å². The third-order valence-corrected chi connectivity index (χ3v) is 3.96. The summed E-state index contributed by atoms with van der Waals surface area (Å²) < 4.78 is 22.9. The molecule has 0 heterocycles. The highest BCUT2D eigenvalue weighted by molar-refractivity contribution is 7.90. The van der Waals surface area contributed by atoms with Crippen LogP contribution < -0.4 is 16.0 Å². The maximum absolute atomic E-state index is 12.0. The lowest BCUT2D eigenvalue weighted by Crippen LogP contribution is -2.51. The summed E-state index contributed by atoms with van der Waals surface area (Å²) in [6, 6.07) is 6.97. The summed E-state index contributed by atoms with van der Waals surface area (Å²) in [5.74, 6) is -1.19. The molecule has 0 saturated carbocycles. The van der Waals surface area contributed by atoms with Crippen LogP contribution >= 0.6 is 0 Å². The first-order valence-electron chi connectivity index (χ1n) is 7.18. The number of carbonyl (C=O) groups is 2. The summed E-state index contributed by atoms with van der Waals surface area (Å²) >= 11 is 0. The Kier molecular flexibility index (Phi) is 7.20. The molecule has 1 aromatic carbocycles. The topological polar surface area (TPSA) is 128 Å². The molecular weight excluding hydrogens is 332 g/mol. The number of amides is 3. The van der Waals surface area contributed by atoms with E-state index < -0.39 is 33.6 Å². The molecule has 9 heteroatoms. The van der Waals surface area contributed by atoms with Crippen LogP contribution in [0.25, 0.3) is 0 Å². The number of sulfone groups is 1. The standard InChI is InChI=1S/C15H20N4O4S/c1-11-6-3-4-7-12(11)18-15(21)19-13(10-24(2,22)23)14(20)17-9-5-8-16/h3-4,6-7,13H,5,9-10H2,1-2H3,(H,17,20)(H2,18,19,21). The minimum atomic E-state index is -3.49. The molecule has 3 N–H and O–H groups in total. The number of urea groups is 1. The van der Waals surface area contributed by atoms with Gasteiger partial charge in [0.05, 0.1) is 18.2 Å². The highest BCUT2D eigenvalue weighted by Crippen LogP contribution is 2.12. The summed E-state index contributed by atoms with van der Waals surface area (Å²) in [5.41, 5.74) is 1.38. The van der Waals surface area contributed by atoms with Crippen molar-refractivity contribution in [2.75, 3.05) is 23.9 Å². The molecule has 1 atom stereocenters. The minimum absolute atomic E-state index is 0.0800. The van der Waals surface area contributed by atoms with Crippen molar-refractivity contribution in [1.82, 2.24) is 10.6 Å². The number of nitriles is 1. The maximum atomic E-state index is 12.0. The Bertz CT molecular complexity index is 740. The fraction of sp³-hybridized carbons (Fsp3) is 0.400. The summed E-state index contributed by atoms with van der Waals surface area (Å²) in [6.07, 6.45) is 1.07. The zero-order valence-electron chi connectivity index (χ0n) is 13.5. The molecule has 0 radical (unpaired) electrons. The average molecular weight is 352 g/mol. The molecule has 0 saturated heterocycles. The minimum Gasteiger partial charge on any atom is -0.353 e. The third-order valence-electron chi connectivity index (χ3n) is 3.02. The Hall–Kier alpha value is -2.60. The molecule has 3 amide bonds. The Morgan fingerprint density at radius 1 is 1.29 bits per heavy atom. The van der Waals surface area contributed by atoms with E-state index in [0.717, 1.165) is 11.8 Å². The van der Waals surface area contributed by atoms with Crippen molar-refractivity contribution in [3.8, 4) is 6.07 Å². The van der Waals surface area contributed by atoms with Gasteiger partial charge < -0.3 is 16.0 Å². The lowest BCUT2D eigenvalue weighted by molar-refractivity contribution is -0.122. The van der Waals surface area contributed by atoms with Crippen LogP contribution in [0.2, 0.25) is 0 Å². The van der Waals surface area contributed by atoms with E-state index in [9.17, 15) is 18.0 Å². The number of hydrogen-bond acceptors (Lipinski definition) is 5. The van der Waals surface area contributed by atoms with Gasteiger partial charge >= 0.3 is 6.03 Å². The van der Waals surface area contributed by atoms with Crippen molar-refractivity contribution in [3.63, 3.8) is 0 Å². The number of para-hydroxylation sites is 1. The molecule has 1 rings (SSSR count). The number of benzene rings is 1. The second-order valence-electron chi connectivity index (χ2n) is 5.26. The van der Waals surface area contributed by atoms with Gasteiger partial charge in [-0.1, -0.05) is 18.2 Å². The number of aryl methyl sites for hydroxylation is 1. The molecule has 0 aliphatic rings. The van der Waals surface area contributed by atoms with E-state index >= 15 is 0 Å². The number of anilines is 1. The zero-order chi connectivity index (χ0) is 18.2. The molecule has 0 aliphatic heterocycles. The predicted molar refractivity (Wildman–Crippen MR) is 90.1 cm³/mol. The van der Waals surface area contributed by atoms with E-state index in [0.29, 0.717) is 5.69 Å². The maximum Gasteiger partial charge on any atom is 0.319 e. The van der Waals surface area contributed by atoms with Crippen molar-refractivity contribution in [3.05, 3.63) is 29.8 Å². The Morgan fingerprint density at radius 2 is 1.96 bits per heavy atom. The number of nitrogens with zero attached hydrogens (tertiary/aromatic N) is 1. The van der Waals surface area contributed by atoms with Gasteiger partial charge in [0, 0.05) is 18.5 Å². The summed E-state index contributed by atoms with van der Waals surface area (Å²) in [5, 5.41) is 15.8. The lowest BCUT2D eigenvalue weighted by atomic mass is 10.2. The van der Waals surface area contributed by atoms with Gasteiger partial charge in [0.2, 0.25) is 5.91 Å². The first-order chi connectivity index (χ1) is 11.2. The predicted octanol–water partition coefficient (Wildman–Crippen LogP) is 0.560. The van der Waals surface area contributed by atoms with E-state index in [1.54, 1.807) is 25.1 Å². The highest BCUT2D eigenvalue weighted by atomic mass is 32.2. The Balaban J connectivity index is 2.76. The van der Waals surface area contributed by atoms with Crippen LogP contribution in [0, 0.1) is 18.3 Å². The van der Waals surface area contributed by atoms with Gasteiger partial charge in [0.1, 0.15) is 15.9 Å². The second kappa shape index (κ2) is 8.88. The van der Waals surface area contributed by atoms with Crippen LogP contribution in [0.4, 0.5) is 10.5 Å². The number of rotatable bonds is 7. The summed E-state index contributed by atoms with van der Waals surface area (Å²) in [4.78, 5) is 24.1. The zero-order valence-corrected chi connectivity index (χ0v) is 14.3. The number of nitrogens with one attached hydrogen (secondary N) is 3. The van der Waals surface area contributed by atoms with Gasteiger partial charge in [-0.2, -0.15) is 5.26 Å². The van der Waals surface area contributed by atoms with E-state index in [-0.39, 0.29) is 13.0 Å². The molecule has 0 spiro atoms. The van der Waals surface area contributed by atoms with E-state index in [2.05, 4.69) is 16.0 Å². The number of carbonyl (C=O) groups excluding carboxylic acids is 2. The van der Waals surface area contributed by atoms with E-state index in [4.69, 9.17) is 5.26 Å². The van der Waals surface area contributed by atoms with Gasteiger partial charge in [-0.15, -0.1) is 0 Å². The van der Waals surface area contributed by atoms with Gasteiger partial charge in [-0.3, -0.25) is 4.79 Å². The molecule has 0 aromatic heterocycles. The van der Waals surface area contributed by atoms with Crippen molar-refractivity contribution in [2.24, 2.45) is 0 Å². The average Bonchev–Trinajstić information content (AvgIpc) is 2.47. The van der Waals surface area contributed by atoms with Crippen LogP contribution in [0.1, 0.15) is 12.0 Å². The van der Waals surface area contributed by atoms with Crippen LogP contribution in [0.15, 0.2) is 24.3 Å². The monoisotopic (exact) mass is 352 g/mol. The Morgan fingerprint density at radius 3 is 2.54 bits per heavy atom. The molecule has 0 fully saturated rings. The summed E-state index contributed by atoms with van der Waals surface area (Å²) in [6.45, 7) is 1.88. The van der Waals surface area contributed by atoms with Crippen molar-refractivity contribution in [1.29, 1.82) is 5.26 Å². The van der Waals surface area contributed by atoms with Crippen molar-refractivity contribution in [2.45, 2.75) is 19.4 Å². The Labute approximate surface area is 141 Å². The number of hydrogen-bond donors (Lipinski definition) is 3. The molecule has 0 aliphatic carbocycles. The molecule has 1 unspecified atom stereocenters. The van der Waals surface area contributed by atoms with Crippen LogP contribution in [0.3, 0.4) is 0 Å². The molecular formula is C15H20N4O4S. The SMILES string of the molecule is Cc1ccccc1NC(=O)NC(CS(C)(=O)=O)C(=O)NCCC#N. The fourth-order valence-corrected chi connectivity index (χ4v) is 2.72. The molecule has 1 aromatic rings. The fourth-order valence-electron chi connectivity index (χ4n) is 1.88. The van der Waals surface area contributed by atoms with Gasteiger partial charge in [0.15, 0.2) is 0 Å². The normalized spacial score (nSPS) is 11.9. The quantitative estimate of drug-likeness (QED) is 0.618. The molecule has 0 bridgehead atoms.